The van der Waals surface area contributed by atoms with Crippen molar-refractivity contribution in [1.82, 2.24) is 10.4 Å². The molecule has 0 radical (unpaired) electrons. The molecule has 0 atom stereocenters. The zero-order valence-corrected chi connectivity index (χ0v) is 12.1. The molecule has 0 aliphatic heterocycles. The molecule has 1 amide bonds. The van der Waals surface area contributed by atoms with Gasteiger partial charge in [0.05, 0.1) is 12.5 Å². The molecule has 1 aliphatic rings. The van der Waals surface area contributed by atoms with Gasteiger partial charge in [-0.05, 0) is 36.5 Å². The van der Waals surface area contributed by atoms with Crippen molar-refractivity contribution in [2.24, 2.45) is 0 Å². The van der Waals surface area contributed by atoms with Crippen LogP contribution < -0.4 is 10.2 Å². The number of rotatable bonds is 5. The molecule has 4 nitrogen and oxygen atoms in total. The molecule has 1 aromatic rings. The van der Waals surface area contributed by atoms with Crippen molar-refractivity contribution < 1.29 is 9.53 Å². The van der Waals surface area contributed by atoms with Gasteiger partial charge in [-0.25, -0.2) is 5.01 Å². The van der Waals surface area contributed by atoms with Crippen molar-refractivity contribution in [3.05, 3.63) is 29.3 Å². The van der Waals surface area contributed by atoms with Crippen molar-refractivity contribution in [3.8, 4) is 5.75 Å². The van der Waals surface area contributed by atoms with Gasteiger partial charge >= 0.3 is 0 Å². The topological polar surface area (TPSA) is 41.6 Å². The van der Waals surface area contributed by atoms with Crippen LogP contribution in [0.2, 0.25) is 0 Å². The molecule has 1 aliphatic carbocycles. The average Bonchev–Trinajstić information content (AvgIpc) is 3.18. The zero-order chi connectivity index (χ0) is 14.0. The van der Waals surface area contributed by atoms with Crippen LogP contribution in [0, 0.1) is 0 Å². The minimum Gasteiger partial charge on any atom is -0.496 e. The first-order valence-electron chi connectivity index (χ1n) is 6.69. The molecular formula is C15H22N2O2. The molecule has 1 fully saturated rings. The second-order valence-corrected chi connectivity index (χ2v) is 5.30. The molecule has 1 aromatic carbocycles. The number of nitrogens with zero attached hydrogens (tertiary/aromatic N) is 1. The summed E-state index contributed by atoms with van der Waals surface area (Å²) < 4.78 is 5.34. The summed E-state index contributed by atoms with van der Waals surface area (Å²) in [4.78, 5) is 12.3. The number of nitrogens with one attached hydrogen (secondary N) is 1. The molecule has 4 heteroatoms. The predicted molar refractivity (Wildman–Crippen MR) is 75.1 cm³/mol. The predicted octanol–water partition coefficient (Wildman–Crippen LogP) is 1.88. The summed E-state index contributed by atoms with van der Waals surface area (Å²) in [5.74, 6) is 0.986. The van der Waals surface area contributed by atoms with Crippen LogP contribution in [0.25, 0.3) is 0 Å². The lowest BCUT2D eigenvalue weighted by Gasteiger charge is -2.20. The van der Waals surface area contributed by atoms with E-state index >= 15 is 0 Å². The third-order valence-corrected chi connectivity index (χ3v) is 3.72. The van der Waals surface area contributed by atoms with Crippen LogP contribution in [0.5, 0.6) is 5.75 Å². The Balaban J connectivity index is 2.29. The lowest BCUT2D eigenvalue weighted by atomic mass is 9.92. The Morgan fingerprint density at radius 3 is 2.58 bits per heavy atom. The van der Waals surface area contributed by atoms with Crippen LogP contribution in [-0.2, 0) is 16.6 Å². The molecule has 0 spiro atoms. The number of ether oxygens (including phenoxy) is 1. The second kappa shape index (κ2) is 5.21. The number of benzene rings is 1. The highest BCUT2D eigenvalue weighted by atomic mass is 16.5. The van der Waals surface area contributed by atoms with Gasteiger partial charge in [0, 0.05) is 14.1 Å². The standard InChI is InChI=1S/C15H22N2O2/c1-5-11-10-12(6-7-13(11)19-4)15(8-9-15)14(18)16-17(2)3/h6-7,10H,5,8-9H2,1-4H3,(H,16,18). The van der Waals surface area contributed by atoms with E-state index in [9.17, 15) is 4.79 Å². The summed E-state index contributed by atoms with van der Waals surface area (Å²) in [5.41, 5.74) is 4.80. The Morgan fingerprint density at radius 2 is 2.11 bits per heavy atom. The maximum absolute atomic E-state index is 12.3. The summed E-state index contributed by atoms with van der Waals surface area (Å²) in [7, 11) is 5.35. The van der Waals surface area contributed by atoms with E-state index in [1.807, 2.05) is 26.2 Å². The molecule has 0 aromatic heterocycles. The van der Waals surface area contributed by atoms with Crippen LogP contribution in [0.4, 0.5) is 0 Å². The van der Waals surface area contributed by atoms with Crippen LogP contribution in [0.3, 0.4) is 0 Å². The Labute approximate surface area is 114 Å². The van der Waals surface area contributed by atoms with Gasteiger partial charge in [-0.3, -0.25) is 10.2 Å². The first-order chi connectivity index (χ1) is 9.03. The lowest BCUT2D eigenvalue weighted by Crippen LogP contribution is -2.42. The molecule has 0 saturated heterocycles. The zero-order valence-electron chi connectivity index (χ0n) is 12.1. The molecule has 0 unspecified atom stereocenters. The van der Waals surface area contributed by atoms with Gasteiger partial charge in [-0.15, -0.1) is 0 Å². The van der Waals surface area contributed by atoms with E-state index in [0.29, 0.717) is 0 Å². The molecule has 2 rings (SSSR count). The lowest BCUT2D eigenvalue weighted by molar-refractivity contribution is -0.127. The van der Waals surface area contributed by atoms with Crippen LogP contribution in [-0.4, -0.2) is 32.1 Å². The number of hydrazine groups is 1. The van der Waals surface area contributed by atoms with Gasteiger partial charge in [0.2, 0.25) is 5.91 Å². The number of aryl methyl sites for hydroxylation is 1. The summed E-state index contributed by atoms with van der Waals surface area (Å²) >= 11 is 0. The number of carbonyl (C=O) groups excluding carboxylic acids is 1. The quantitative estimate of drug-likeness (QED) is 0.824. The van der Waals surface area contributed by atoms with Gasteiger partial charge in [0.1, 0.15) is 5.75 Å². The number of hydrogen-bond acceptors (Lipinski definition) is 3. The molecule has 1 saturated carbocycles. The molecular weight excluding hydrogens is 240 g/mol. The highest BCUT2D eigenvalue weighted by Gasteiger charge is 2.51. The molecule has 19 heavy (non-hydrogen) atoms. The Bertz CT molecular complexity index is 479. The van der Waals surface area contributed by atoms with Crippen LogP contribution in [0.1, 0.15) is 30.9 Å². The first-order valence-corrected chi connectivity index (χ1v) is 6.69. The van der Waals surface area contributed by atoms with E-state index in [1.54, 1.807) is 12.1 Å². The minimum absolute atomic E-state index is 0.0877. The summed E-state index contributed by atoms with van der Waals surface area (Å²) in [6, 6.07) is 6.10. The van der Waals surface area contributed by atoms with Gasteiger partial charge < -0.3 is 4.74 Å². The van der Waals surface area contributed by atoms with Crippen LogP contribution >= 0.6 is 0 Å². The van der Waals surface area contributed by atoms with E-state index in [2.05, 4.69) is 18.4 Å². The smallest absolute Gasteiger partial charge is 0.244 e. The largest absolute Gasteiger partial charge is 0.496 e. The second-order valence-electron chi connectivity index (χ2n) is 5.30. The fourth-order valence-corrected chi connectivity index (χ4v) is 2.43. The van der Waals surface area contributed by atoms with Gasteiger partial charge in [-0.1, -0.05) is 19.1 Å². The summed E-state index contributed by atoms with van der Waals surface area (Å²) in [5, 5.41) is 1.70. The molecule has 1 N–H and O–H groups in total. The molecule has 104 valence electrons. The normalized spacial score (nSPS) is 16.3. The summed E-state index contributed by atoms with van der Waals surface area (Å²) in [6.07, 6.45) is 2.74. The van der Waals surface area contributed by atoms with Crippen molar-refractivity contribution in [3.63, 3.8) is 0 Å². The number of hydrogen-bond donors (Lipinski definition) is 1. The summed E-state index contributed by atoms with van der Waals surface area (Å²) in [6.45, 7) is 2.10. The monoisotopic (exact) mass is 262 g/mol. The SMILES string of the molecule is CCc1cc(C2(C(=O)NN(C)C)CC2)ccc1OC. The third-order valence-electron chi connectivity index (χ3n) is 3.72. The van der Waals surface area contributed by atoms with E-state index in [1.165, 1.54) is 0 Å². The maximum atomic E-state index is 12.3. The van der Waals surface area contributed by atoms with Gasteiger partial charge in [-0.2, -0.15) is 0 Å². The number of carbonyl (C=O) groups is 1. The van der Waals surface area contributed by atoms with E-state index in [-0.39, 0.29) is 11.3 Å². The van der Waals surface area contributed by atoms with Crippen molar-refractivity contribution in [1.29, 1.82) is 0 Å². The third kappa shape index (κ3) is 2.59. The van der Waals surface area contributed by atoms with Gasteiger partial charge in [0.25, 0.3) is 0 Å². The first kappa shape index (κ1) is 13.9. The highest BCUT2D eigenvalue weighted by molar-refractivity contribution is 5.91. The molecule has 0 bridgehead atoms. The number of methoxy groups -OCH3 is 1. The van der Waals surface area contributed by atoms with E-state index in [0.717, 1.165) is 36.1 Å². The number of amides is 1. The van der Waals surface area contributed by atoms with Crippen molar-refractivity contribution in [2.75, 3.05) is 21.2 Å². The molecule has 0 heterocycles. The maximum Gasteiger partial charge on any atom is 0.244 e. The Kier molecular flexibility index (Phi) is 3.80. The van der Waals surface area contributed by atoms with Gasteiger partial charge in [0.15, 0.2) is 0 Å². The fraction of sp³-hybridized carbons (Fsp3) is 0.533. The van der Waals surface area contributed by atoms with E-state index < -0.39 is 0 Å². The fourth-order valence-electron chi connectivity index (χ4n) is 2.43. The minimum atomic E-state index is -0.333. The van der Waals surface area contributed by atoms with E-state index in [4.69, 9.17) is 4.74 Å². The Morgan fingerprint density at radius 1 is 1.42 bits per heavy atom. The van der Waals surface area contributed by atoms with Crippen molar-refractivity contribution in [2.45, 2.75) is 31.6 Å². The van der Waals surface area contributed by atoms with Crippen molar-refractivity contribution >= 4 is 5.91 Å². The average molecular weight is 262 g/mol. The Hall–Kier alpha value is -1.55. The van der Waals surface area contributed by atoms with Crippen LogP contribution in [0.15, 0.2) is 18.2 Å². The highest BCUT2D eigenvalue weighted by Crippen LogP contribution is 2.49.